The second-order valence-corrected chi connectivity index (χ2v) is 7.07. The lowest BCUT2D eigenvalue weighted by Crippen LogP contribution is -2.42. The Morgan fingerprint density at radius 1 is 1.07 bits per heavy atom. The Bertz CT molecular complexity index is 787. The largest absolute Gasteiger partial charge is 0.352 e. The normalized spacial score (nSPS) is 14.6. The molecule has 2 amide bonds. The Labute approximate surface area is 160 Å². The van der Waals surface area contributed by atoms with Gasteiger partial charge >= 0.3 is 0 Å². The van der Waals surface area contributed by atoms with E-state index >= 15 is 0 Å². The zero-order valence-electron chi connectivity index (χ0n) is 15.9. The van der Waals surface area contributed by atoms with E-state index in [1.165, 1.54) is 0 Å². The van der Waals surface area contributed by atoms with Crippen LogP contribution in [0.4, 0.5) is 5.69 Å². The van der Waals surface area contributed by atoms with Gasteiger partial charge in [0.25, 0.3) is 0 Å². The van der Waals surface area contributed by atoms with Gasteiger partial charge in [-0.3, -0.25) is 14.5 Å². The number of hydrogen-bond acceptors (Lipinski definition) is 3. The minimum Gasteiger partial charge on any atom is -0.352 e. The predicted octanol–water partition coefficient (Wildman–Crippen LogP) is 3.14. The number of likely N-dealkylation sites (N-methyl/N-ethyl adjacent to an activating group) is 1. The van der Waals surface area contributed by atoms with Crippen LogP contribution in [0.3, 0.4) is 0 Å². The molecule has 2 aromatic rings. The van der Waals surface area contributed by atoms with E-state index in [1.54, 1.807) is 4.90 Å². The molecule has 5 heteroatoms. The summed E-state index contributed by atoms with van der Waals surface area (Å²) in [4.78, 5) is 27.2. The van der Waals surface area contributed by atoms with Crippen LogP contribution in [0.5, 0.6) is 0 Å². The minimum atomic E-state index is -0.487. The number of rotatable bonds is 8. The molecule has 0 spiro atoms. The zero-order valence-corrected chi connectivity index (χ0v) is 15.9. The van der Waals surface area contributed by atoms with Crippen LogP contribution in [0.25, 0.3) is 0 Å². The summed E-state index contributed by atoms with van der Waals surface area (Å²) < 4.78 is 0. The molecule has 0 aromatic heterocycles. The van der Waals surface area contributed by atoms with Crippen LogP contribution in [0, 0.1) is 0 Å². The molecule has 1 fully saturated rings. The van der Waals surface area contributed by atoms with Crippen molar-refractivity contribution in [3.63, 3.8) is 0 Å². The molecule has 2 aromatic carbocycles. The van der Waals surface area contributed by atoms with Gasteiger partial charge in [-0.05, 0) is 43.5 Å². The smallest absolute Gasteiger partial charge is 0.242 e. The molecule has 1 aliphatic carbocycles. The number of benzene rings is 2. The number of nitrogens with zero attached hydrogens (tertiary/aromatic N) is 1. The van der Waals surface area contributed by atoms with Gasteiger partial charge in [0.1, 0.15) is 6.04 Å². The van der Waals surface area contributed by atoms with Gasteiger partial charge in [0.15, 0.2) is 0 Å². The Hall–Kier alpha value is -2.66. The molecule has 142 valence electrons. The quantitative estimate of drug-likeness (QED) is 0.755. The van der Waals surface area contributed by atoms with E-state index in [1.807, 2.05) is 61.6 Å². The van der Waals surface area contributed by atoms with Crippen LogP contribution in [-0.2, 0) is 16.0 Å². The number of aryl methyl sites for hydroxylation is 1. The molecule has 2 N–H and O–H groups in total. The van der Waals surface area contributed by atoms with Crippen molar-refractivity contribution in [1.82, 2.24) is 10.2 Å². The fourth-order valence-corrected chi connectivity index (χ4v) is 3.21. The summed E-state index contributed by atoms with van der Waals surface area (Å²) in [5.41, 5.74) is 2.82. The predicted molar refractivity (Wildman–Crippen MR) is 107 cm³/mol. The molecule has 1 atom stereocenters. The van der Waals surface area contributed by atoms with Gasteiger partial charge in [0.05, 0.1) is 6.54 Å². The Balaban J connectivity index is 1.70. The molecule has 3 rings (SSSR count). The summed E-state index contributed by atoms with van der Waals surface area (Å²) in [6.07, 6.45) is 2.92. The highest BCUT2D eigenvalue weighted by Crippen LogP contribution is 2.24. The number of anilines is 1. The van der Waals surface area contributed by atoms with E-state index in [-0.39, 0.29) is 24.4 Å². The highest BCUT2D eigenvalue weighted by atomic mass is 16.2. The topological polar surface area (TPSA) is 61.4 Å². The summed E-state index contributed by atoms with van der Waals surface area (Å²) in [5.74, 6) is -0.175. The third-order valence-corrected chi connectivity index (χ3v) is 4.79. The van der Waals surface area contributed by atoms with Crippen molar-refractivity contribution in [3.05, 3.63) is 65.7 Å². The molecular weight excluding hydrogens is 338 g/mol. The van der Waals surface area contributed by atoms with Crippen molar-refractivity contribution < 1.29 is 9.59 Å². The van der Waals surface area contributed by atoms with E-state index in [0.29, 0.717) is 0 Å². The van der Waals surface area contributed by atoms with Crippen LogP contribution in [0.1, 0.15) is 36.9 Å². The van der Waals surface area contributed by atoms with Gasteiger partial charge in [-0.15, -0.1) is 0 Å². The highest BCUT2D eigenvalue weighted by Gasteiger charge is 2.31. The van der Waals surface area contributed by atoms with Crippen LogP contribution in [-0.4, -0.2) is 36.3 Å². The molecule has 5 nitrogen and oxygen atoms in total. The van der Waals surface area contributed by atoms with Crippen molar-refractivity contribution in [2.75, 3.05) is 18.9 Å². The average molecular weight is 365 g/mol. The number of amides is 2. The third kappa shape index (κ3) is 5.17. The molecule has 1 aliphatic rings. The van der Waals surface area contributed by atoms with E-state index in [9.17, 15) is 9.59 Å². The van der Waals surface area contributed by atoms with Crippen LogP contribution >= 0.6 is 0 Å². The Morgan fingerprint density at radius 2 is 1.74 bits per heavy atom. The first kappa shape index (κ1) is 19.1. The second kappa shape index (κ2) is 8.82. The van der Waals surface area contributed by atoms with Gasteiger partial charge in [-0.1, -0.05) is 55.5 Å². The second-order valence-electron chi connectivity index (χ2n) is 7.07. The van der Waals surface area contributed by atoms with Crippen LogP contribution in [0.2, 0.25) is 0 Å². The molecule has 0 bridgehead atoms. The van der Waals surface area contributed by atoms with Gasteiger partial charge in [0, 0.05) is 11.7 Å². The lowest BCUT2D eigenvalue weighted by molar-refractivity contribution is -0.127. The number of carbonyl (C=O) groups is 2. The number of carbonyl (C=O) groups excluding carboxylic acids is 2. The summed E-state index contributed by atoms with van der Waals surface area (Å²) >= 11 is 0. The first-order valence-corrected chi connectivity index (χ1v) is 9.51. The van der Waals surface area contributed by atoms with Crippen molar-refractivity contribution in [2.24, 2.45) is 0 Å². The Morgan fingerprint density at radius 3 is 2.41 bits per heavy atom. The first-order valence-electron chi connectivity index (χ1n) is 9.51. The van der Waals surface area contributed by atoms with E-state index in [2.05, 4.69) is 17.6 Å². The molecule has 0 radical (unpaired) electrons. The lowest BCUT2D eigenvalue weighted by Gasteiger charge is -2.27. The standard InChI is InChI=1S/C22H27N3O2/c1-3-16-9-7-8-12-19(16)24-20(26)15-25(2)21(17-10-5-4-6-11-17)22(27)23-18-13-14-18/h4-12,18,21H,3,13-15H2,1-2H3,(H,23,27)(H,24,26). The zero-order chi connectivity index (χ0) is 19.2. The molecule has 27 heavy (non-hydrogen) atoms. The third-order valence-electron chi connectivity index (χ3n) is 4.79. The number of nitrogens with one attached hydrogen (secondary N) is 2. The average Bonchev–Trinajstić information content (AvgIpc) is 3.47. The first-order chi connectivity index (χ1) is 13.1. The van der Waals surface area contributed by atoms with Crippen molar-refractivity contribution >= 4 is 17.5 Å². The van der Waals surface area contributed by atoms with Gasteiger partial charge in [-0.25, -0.2) is 0 Å². The van der Waals surface area contributed by atoms with Crippen molar-refractivity contribution in [1.29, 1.82) is 0 Å². The summed E-state index contributed by atoms with van der Waals surface area (Å²) in [5, 5.41) is 6.04. The monoisotopic (exact) mass is 365 g/mol. The maximum absolute atomic E-state index is 12.8. The van der Waals surface area contributed by atoms with Gasteiger partial charge < -0.3 is 10.6 Å². The van der Waals surface area contributed by atoms with Gasteiger partial charge in [-0.2, -0.15) is 0 Å². The maximum Gasteiger partial charge on any atom is 0.242 e. The molecule has 0 heterocycles. The number of para-hydroxylation sites is 1. The molecule has 1 unspecified atom stereocenters. The van der Waals surface area contributed by atoms with Crippen LogP contribution in [0.15, 0.2) is 54.6 Å². The molecule has 0 aliphatic heterocycles. The van der Waals surface area contributed by atoms with Crippen LogP contribution < -0.4 is 10.6 Å². The fraction of sp³-hybridized carbons (Fsp3) is 0.364. The van der Waals surface area contributed by atoms with E-state index in [0.717, 1.165) is 36.1 Å². The highest BCUT2D eigenvalue weighted by molar-refractivity contribution is 5.93. The van der Waals surface area contributed by atoms with Crippen molar-refractivity contribution in [2.45, 2.75) is 38.3 Å². The molecular formula is C22H27N3O2. The van der Waals surface area contributed by atoms with E-state index in [4.69, 9.17) is 0 Å². The lowest BCUT2D eigenvalue weighted by atomic mass is 10.0. The number of hydrogen-bond donors (Lipinski definition) is 2. The summed E-state index contributed by atoms with van der Waals surface area (Å²) in [6, 6.07) is 17.2. The minimum absolute atomic E-state index is 0.0482. The summed E-state index contributed by atoms with van der Waals surface area (Å²) in [7, 11) is 1.81. The summed E-state index contributed by atoms with van der Waals surface area (Å²) in [6.45, 7) is 2.19. The van der Waals surface area contributed by atoms with E-state index < -0.39 is 6.04 Å². The molecule has 1 saturated carbocycles. The Kier molecular flexibility index (Phi) is 6.24. The SMILES string of the molecule is CCc1ccccc1NC(=O)CN(C)C(C(=O)NC1CC1)c1ccccc1. The molecule has 0 saturated heterocycles. The maximum atomic E-state index is 12.8. The fourth-order valence-electron chi connectivity index (χ4n) is 3.21. The van der Waals surface area contributed by atoms with Gasteiger partial charge in [0.2, 0.25) is 11.8 Å². The van der Waals surface area contributed by atoms with Crippen molar-refractivity contribution in [3.8, 4) is 0 Å².